The van der Waals surface area contributed by atoms with Gasteiger partial charge >= 0.3 is 5.97 Å². The number of allylic oxidation sites excluding steroid dienone is 2. The number of carbonyl (C=O) groups is 1. The first-order valence-corrected chi connectivity index (χ1v) is 7.61. The molecule has 1 aliphatic heterocycles. The number of rotatable bonds is 4. The number of hydrogen-bond donors (Lipinski definition) is 0. The zero-order chi connectivity index (χ0) is 13.8. The fourth-order valence-corrected chi connectivity index (χ4v) is 3.49. The van der Waals surface area contributed by atoms with E-state index in [9.17, 15) is 4.79 Å². The van der Waals surface area contributed by atoms with Crippen molar-refractivity contribution in [1.82, 2.24) is 4.90 Å². The minimum absolute atomic E-state index is 0.0485. The molecule has 3 nitrogen and oxygen atoms in total. The van der Waals surface area contributed by atoms with Gasteiger partial charge in [-0.15, -0.1) is 0 Å². The lowest BCUT2D eigenvalue weighted by Gasteiger charge is -2.32. The van der Waals surface area contributed by atoms with Gasteiger partial charge in [-0.2, -0.15) is 0 Å². The van der Waals surface area contributed by atoms with Crippen LogP contribution in [0.15, 0.2) is 11.6 Å². The number of esters is 1. The van der Waals surface area contributed by atoms with Crippen LogP contribution in [0.4, 0.5) is 0 Å². The van der Waals surface area contributed by atoms with Gasteiger partial charge < -0.3 is 4.74 Å². The third-order valence-corrected chi connectivity index (χ3v) is 4.59. The Bertz CT molecular complexity index is 345. The highest BCUT2D eigenvalue weighted by molar-refractivity contribution is 5.71. The van der Waals surface area contributed by atoms with Crippen LogP contribution in [0.2, 0.25) is 0 Å². The molecule has 0 spiro atoms. The minimum atomic E-state index is -0.0485. The Kier molecular flexibility index (Phi) is 5.03. The van der Waals surface area contributed by atoms with Gasteiger partial charge in [0.05, 0.1) is 13.2 Å². The molecule has 0 aromatic heterocycles. The van der Waals surface area contributed by atoms with E-state index in [1.165, 1.54) is 18.4 Å². The molecule has 1 aliphatic carbocycles. The number of hydrogen-bond acceptors (Lipinski definition) is 3. The largest absolute Gasteiger partial charge is 0.464 e. The van der Waals surface area contributed by atoms with Crippen LogP contribution in [0.25, 0.3) is 0 Å². The fourth-order valence-electron chi connectivity index (χ4n) is 3.49. The first-order valence-electron chi connectivity index (χ1n) is 7.61. The van der Waals surface area contributed by atoms with Crippen molar-refractivity contribution in [2.24, 2.45) is 17.8 Å². The molecule has 19 heavy (non-hydrogen) atoms. The quantitative estimate of drug-likeness (QED) is 0.578. The molecule has 1 saturated heterocycles. The third kappa shape index (κ3) is 4.07. The monoisotopic (exact) mass is 265 g/mol. The van der Waals surface area contributed by atoms with Gasteiger partial charge in [0.1, 0.15) is 0 Å². The second-order valence-electron chi connectivity index (χ2n) is 6.38. The Morgan fingerprint density at radius 2 is 2.05 bits per heavy atom. The molecule has 0 radical (unpaired) electrons. The highest BCUT2D eigenvalue weighted by Crippen LogP contribution is 2.33. The summed E-state index contributed by atoms with van der Waals surface area (Å²) in [6, 6.07) is 0. The molecule has 3 atom stereocenters. The summed E-state index contributed by atoms with van der Waals surface area (Å²) in [6.07, 6.45) is 5.90. The maximum Gasteiger partial charge on any atom is 0.320 e. The molecule has 1 heterocycles. The van der Waals surface area contributed by atoms with Crippen LogP contribution in [0.1, 0.15) is 40.0 Å². The molecule has 0 aromatic carbocycles. The first-order chi connectivity index (χ1) is 9.06. The Morgan fingerprint density at radius 1 is 1.37 bits per heavy atom. The molecular weight excluding hydrogens is 238 g/mol. The van der Waals surface area contributed by atoms with Gasteiger partial charge in [0.2, 0.25) is 0 Å². The average molecular weight is 265 g/mol. The Morgan fingerprint density at radius 3 is 2.68 bits per heavy atom. The molecule has 2 aliphatic rings. The lowest BCUT2D eigenvalue weighted by atomic mass is 9.75. The maximum atomic E-state index is 11.8. The molecule has 0 aromatic rings. The van der Waals surface area contributed by atoms with Gasteiger partial charge in [0.15, 0.2) is 0 Å². The summed E-state index contributed by atoms with van der Waals surface area (Å²) in [4.78, 5) is 14.0. The molecule has 108 valence electrons. The Hall–Kier alpha value is -0.830. The SMILES string of the molecule is CC1=C[C@@H](C)[C@H](COC(=O)CN2CCCC2)[C@H](C)C1. The second kappa shape index (κ2) is 6.56. The maximum absolute atomic E-state index is 11.8. The third-order valence-electron chi connectivity index (χ3n) is 4.59. The highest BCUT2D eigenvalue weighted by atomic mass is 16.5. The number of likely N-dealkylation sites (tertiary alicyclic amines) is 1. The average Bonchev–Trinajstić information content (AvgIpc) is 2.80. The van der Waals surface area contributed by atoms with Crippen LogP contribution < -0.4 is 0 Å². The van der Waals surface area contributed by atoms with Crippen LogP contribution in [0.3, 0.4) is 0 Å². The van der Waals surface area contributed by atoms with Crippen LogP contribution in [0, 0.1) is 17.8 Å². The summed E-state index contributed by atoms with van der Waals surface area (Å²) < 4.78 is 5.51. The zero-order valence-corrected chi connectivity index (χ0v) is 12.5. The van der Waals surface area contributed by atoms with Crippen molar-refractivity contribution in [1.29, 1.82) is 0 Å². The number of carbonyl (C=O) groups excluding carboxylic acids is 1. The van der Waals surface area contributed by atoms with Crippen molar-refractivity contribution in [2.75, 3.05) is 26.2 Å². The summed E-state index contributed by atoms with van der Waals surface area (Å²) in [5.74, 6) is 1.56. The van der Waals surface area contributed by atoms with Crippen LogP contribution in [0.5, 0.6) is 0 Å². The van der Waals surface area contributed by atoms with Gasteiger partial charge in [-0.1, -0.05) is 25.5 Å². The van der Waals surface area contributed by atoms with Crippen LogP contribution >= 0.6 is 0 Å². The van der Waals surface area contributed by atoms with Crippen molar-refractivity contribution in [3.63, 3.8) is 0 Å². The molecule has 0 bridgehead atoms. The van der Waals surface area contributed by atoms with Crippen molar-refractivity contribution < 1.29 is 9.53 Å². The highest BCUT2D eigenvalue weighted by Gasteiger charge is 2.28. The van der Waals surface area contributed by atoms with Gasteiger partial charge in [0.25, 0.3) is 0 Å². The standard InChI is InChI=1S/C16H27NO2/c1-12-8-13(2)15(14(3)9-12)11-19-16(18)10-17-6-4-5-7-17/h8,13-15H,4-7,9-11H2,1-3H3/t13-,14-,15+/m1/s1. The van der Waals surface area contributed by atoms with E-state index in [0.29, 0.717) is 30.9 Å². The molecule has 0 saturated carbocycles. The second-order valence-corrected chi connectivity index (χ2v) is 6.38. The summed E-state index contributed by atoms with van der Waals surface area (Å²) in [6.45, 7) is 9.86. The van der Waals surface area contributed by atoms with Gasteiger partial charge in [-0.05, 0) is 51.1 Å². The van der Waals surface area contributed by atoms with Gasteiger partial charge in [-0.25, -0.2) is 0 Å². The van der Waals surface area contributed by atoms with Crippen molar-refractivity contribution in [3.8, 4) is 0 Å². The van der Waals surface area contributed by atoms with E-state index in [1.54, 1.807) is 0 Å². The van der Waals surface area contributed by atoms with E-state index in [-0.39, 0.29) is 5.97 Å². The van der Waals surface area contributed by atoms with E-state index < -0.39 is 0 Å². The zero-order valence-electron chi connectivity index (χ0n) is 12.5. The Balaban J connectivity index is 1.76. The van der Waals surface area contributed by atoms with Gasteiger partial charge in [0, 0.05) is 5.92 Å². The van der Waals surface area contributed by atoms with Crippen molar-refractivity contribution in [2.45, 2.75) is 40.0 Å². The number of ether oxygens (including phenoxy) is 1. The normalized spacial score (nSPS) is 32.2. The molecule has 0 unspecified atom stereocenters. The molecule has 1 fully saturated rings. The van der Waals surface area contributed by atoms with E-state index in [2.05, 4.69) is 31.7 Å². The topological polar surface area (TPSA) is 29.5 Å². The first kappa shape index (κ1) is 14.6. The molecule has 0 amide bonds. The summed E-state index contributed by atoms with van der Waals surface area (Å²) in [5.41, 5.74) is 1.47. The predicted molar refractivity (Wildman–Crippen MR) is 76.8 cm³/mol. The van der Waals surface area contributed by atoms with Crippen molar-refractivity contribution >= 4 is 5.97 Å². The van der Waals surface area contributed by atoms with Crippen LogP contribution in [-0.4, -0.2) is 37.1 Å². The summed E-state index contributed by atoms with van der Waals surface area (Å²) >= 11 is 0. The lowest BCUT2D eigenvalue weighted by Crippen LogP contribution is -2.32. The molecular formula is C16H27NO2. The van der Waals surface area contributed by atoms with Gasteiger partial charge in [-0.3, -0.25) is 9.69 Å². The van der Waals surface area contributed by atoms with E-state index in [4.69, 9.17) is 4.74 Å². The Labute approximate surface area is 117 Å². The predicted octanol–water partition coefficient (Wildman–Crippen LogP) is 2.86. The minimum Gasteiger partial charge on any atom is -0.464 e. The lowest BCUT2D eigenvalue weighted by molar-refractivity contribution is -0.147. The van der Waals surface area contributed by atoms with Crippen LogP contribution in [-0.2, 0) is 9.53 Å². The molecule has 2 rings (SSSR count). The molecule has 3 heteroatoms. The summed E-state index contributed by atoms with van der Waals surface area (Å²) in [5, 5.41) is 0. The number of nitrogens with zero attached hydrogens (tertiary/aromatic N) is 1. The fraction of sp³-hybridized carbons (Fsp3) is 0.812. The van der Waals surface area contributed by atoms with E-state index in [0.717, 1.165) is 19.5 Å². The molecule has 0 N–H and O–H groups in total. The van der Waals surface area contributed by atoms with Crippen molar-refractivity contribution in [3.05, 3.63) is 11.6 Å². The van der Waals surface area contributed by atoms with E-state index in [1.807, 2.05) is 0 Å². The summed E-state index contributed by atoms with van der Waals surface area (Å²) in [7, 11) is 0. The van der Waals surface area contributed by atoms with E-state index >= 15 is 0 Å². The smallest absolute Gasteiger partial charge is 0.320 e.